The molecule has 0 spiro atoms. The number of rotatable bonds is 1. The Hall–Kier alpha value is -2.67. The Bertz CT molecular complexity index is 1230. The third-order valence-corrected chi connectivity index (χ3v) is 6.73. The maximum absolute atomic E-state index is 5.51. The fraction of sp³-hybridized carbons (Fsp3) is 0.350. The number of ether oxygens (including phenoxy) is 2. The van der Waals surface area contributed by atoms with E-state index in [1.807, 2.05) is 41.0 Å². The maximum Gasteiger partial charge on any atom is 0.231 e. The summed E-state index contributed by atoms with van der Waals surface area (Å²) in [6, 6.07) is 5.84. The van der Waals surface area contributed by atoms with E-state index in [4.69, 9.17) is 24.5 Å². The van der Waals surface area contributed by atoms with Crippen LogP contribution in [0.2, 0.25) is 0 Å². The smallest absolute Gasteiger partial charge is 0.231 e. The summed E-state index contributed by atoms with van der Waals surface area (Å²) >= 11 is 1.83. The van der Waals surface area contributed by atoms with E-state index in [1.54, 1.807) is 0 Å². The Balaban J connectivity index is 1.62. The first-order chi connectivity index (χ1) is 13.2. The van der Waals surface area contributed by atoms with Crippen molar-refractivity contribution in [1.82, 2.24) is 19.6 Å². The van der Waals surface area contributed by atoms with Crippen molar-refractivity contribution < 1.29 is 9.47 Å². The van der Waals surface area contributed by atoms with Crippen LogP contribution in [0.15, 0.2) is 18.2 Å². The number of thiophene rings is 1. The summed E-state index contributed by atoms with van der Waals surface area (Å²) in [7, 11) is 0. The van der Waals surface area contributed by atoms with Crippen LogP contribution in [0.1, 0.15) is 41.9 Å². The van der Waals surface area contributed by atoms with Crippen molar-refractivity contribution in [3.8, 4) is 22.9 Å². The standard InChI is InChI=1S/C20H18N4O2S/c1-10-4-3-5-15-16(10)17-19-22-18(23-24(19)11(2)21-20(17)27-15)12-6-7-13-14(8-12)26-9-25-13/h6-8,10H,3-5,9H2,1-2H3/t10-/m1/s1. The molecule has 3 aromatic heterocycles. The topological polar surface area (TPSA) is 61.5 Å². The van der Waals surface area contributed by atoms with Crippen LogP contribution in [0.5, 0.6) is 11.5 Å². The van der Waals surface area contributed by atoms with Gasteiger partial charge in [0.15, 0.2) is 23.0 Å². The molecular weight excluding hydrogens is 360 g/mol. The average molecular weight is 378 g/mol. The number of nitrogens with zero attached hydrogens (tertiary/aromatic N) is 4. The van der Waals surface area contributed by atoms with Crippen molar-refractivity contribution in [2.45, 2.75) is 39.0 Å². The first-order valence-electron chi connectivity index (χ1n) is 9.27. The van der Waals surface area contributed by atoms with Crippen LogP contribution in [0.25, 0.3) is 27.3 Å². The van der Waals surface area contributed by atoms with Gasteiger partial charge in [-0.3, -0.25) is 0 Å². The summed E-state index contributed by atoms with van der Waals surface area (Å²) < 4.78 is 12.8. The molecule has 4 aromatic rings. The van der Waals surface area contributed by atoms with Gasteiger partial charge in [0, 0.05) is 10.4 Å². The zero-order chi connectivity index (χ0) is 18.1. The predicted molar refractivity (Wildman–Crippen MR) is 104 cm³/mol. The summed E-state index contributed by atoms with van der Waals surface area (Å²) in [5.41, 5.74) is 3.27. The molecule has 27 heavy (non-hydrogen) atoms. The Morgan fingerprint density at radius 3 is 3.00 bits per heavy atom. The SMILES string of the molecule is Cc1nc2sc3c(c2c2nc(-c4ccc5c(c4)OCO5)nn12)[C@H](C)CCC3. The summed E-state index contributed by atoms with van der Waals surface area (Å²) in [6.45, 7) is 4.57. The van der Waals surface area contributed by atoms with Gasteiger partial charge < -0.3 is 9.47 Å². The molecule has 1 aromatic carbocycles. The van der Waals surface area contributed by atoms with E-state index in [9.17, 15) is 0 Å². The highest BCUT2D eigenvalue weighted by Gasteiger charge is 2.26. The number of hydrogen-bond acceptors (Lipinski definition) is 6. The van der Waals surface area contributed by atoms with Crippen molar-refractivity contribution in [1.29, 1.82) is 0 Å². The molecule has 0 bridgehead atoms. The van der Waals surface area contributed by atoms with Crippen LogP contribution in [-0.4, -0.2) is 26.4 Å². The highest BCUT2D eigenvalue weighted by atomic mass is 32.1. The fourth-order valence-corrected chi connectivity index (χ4v) is 5.62. The van der Waals surface area contributed by atoms with E-state index in [-0.39, 0.29) is 6.79 Å². The molecule has 1 aliphatic carbocycles. The van der Waals surface area contributed by atoms with Crippen molar-refractivity contribution >= 4 is 27.2 Å². The van der Waals surface area contributed by atoms with E-state index >= 15 is 0 Å². The van der Waals surface area contributed by atoms with Gasteiger partial charge >= 0.3 is 0 Å². The molecule has 0 N–H and O–H groups in total. The summed E-state index contributed by atoms with van der Waals surface area (Å²) in [5.74, 6) is 3.61. The largest absolute Gasteiger partial charge is 0.454 e. The maximum atomic E-state index is 5.51. The van der Waals surface area contributed by atoms with Gasteiger partial charge in [0.2, 0.25) is 6.79 Å². The summed E-state index contributed by atoms with van der Waals surface area (Å²) in [6.07, 6.45) is 3.63. The van der Waals surface area contributed by atoms with Gasteiger partial charge in [-0.15, -0.1) is 16.4 Å². The molecule has 6 nitrogen and oxygen atoms in total. The zero-order valence-electron chi connectivity index (χ0n) is 15.2. The lowest BCUT2D eigenvalue weighted by molar-refractivity contribution is 0.174. The number of hydrogen-bond donors (Lipinski definition) is 0. The van der Waals surface area contributed by atoms with Gasteiger partial charge in [-0.05, 0) is 55.9 Å². The monoisotopic (exact) mass is 378 g/mol. The second-order valence-corrected chi connectivity index (χ2v) is 8.39. The summed E-state index contributed by atoms with van der Waals surface area (Å²) in [5, 5.41) is 5.95. The number of aromatic nitrogens is 4. The minimum absolute atomic E-state index is 0.264. The minimum atomic E-state index is 0.264. The Kier molecular flexibility index (Phi) is 3.09. The van der Waals surface area contributed by atoms with Crippen molar-refractivity contribution in [3.63, 3.8) is 0 Å². The van der Waals surface area contributed by atoms with E-state index in [0.717, 1.165) is 39.8 Å². The van der Waals surface area contributed by atoms with Crippen LogP contribution >= 0.6 is 11.3 Å². The molecule has 0 unspecified atom stereocenters. The lowest BCUT2D eigenvalue weighted by Crippen LogP contribution is -2.05. The predicted octanol–water partition coefficient (Wildman–Crippen LogP) is 4.48. The molecule has 6 rings (SSSR count). The van der Waals surface area contributed by atoms with E-state index in [1.165, 1.54) is 28.7 Å². The van der Waals surface area contributed by atoms with Crippen molar-refractivity contribution in [2.75, 3.05) is 6.79 Å². The highest BCUT2D eigenvalue weighted by Crippen LogP contribution is 2.43. The molecule has 0 saturated heterocycles. The Morgan fingerprint density at radius 2 is 2.07 bits per heavy atom. The second-order valence-electron chi connectivity index (χ2n) is 7.31. The molecule has 7 heteroatoms. The first-order valence-corrected chi connectivity index (χ1v) is 10.1. The van der Waals surface area contributed by atoms with Crippen molar-refractivity contribution in [3.05, 3.63) is 34.5 Å². The molecule has 0 fully saturated rings. The molecular formula is C20H18N4O2S. The van der Waals surface area contributed by atoms with Gasteiger partial charge in [0.25, 0.3) is 0 Å². The molecule has 0 amide bonds. The first kappa shape index (κ1) is 15.4. The van der Waals surface area contributed by atoms with Gasteiger partial charge in [0.05, 0.1) is 5.39 Å². The van der Waals surface area contributed by atoms with Gasteiger partial charge in [0.1, 0.15) is 10.7 Å². The van der Waals surface area contributed by atoms with Gasteiger partial charge in [-0.1, -0.05) is 6.92 Å². The van der Waals surface area contributed by atoms with Crippen LogP contribution in [0.4, 0.5) is 0 Å². The molecule has 0 radical (unpaired) electrons. The van der Waals surface area contributed by atoms with Crippen LogP contribution in [0.3, 0.4) is 0 Å². The normalized spacial score (nSPS) is 18.4. The van der Waals surface area contributed by atoms with Crippen LogP contribution in [-0.2, 0) is 6.42 Å². The van der Waals surface area contributed by atoms with E-state index < -0.39 is 0 Å². The van der Waals surface area contributed by atoms with Gasteiger partial charge in [-0.2, -0.15) is 4.52 Å². The lowest BCUT2D eigenvalue weighted by Gasteiger charge is -2.18. The Labute approximate surface area is 159 Å². The number of fused-ring (bicyclic) bond motifs is 6. The fourth-order valence-electron chi connectivity index (χ4n) is 4.24. The lowest BCUT2D eigenvalue weighted by atomic mass is 9.87. The molecule has 136 valence electrons. The summed E-state index contributed by atoms with van der Waals surface area (Å²) in [4.78, 5) is 12.3. The van der Waals surface area contributed by atoms with Crippen LogP contribution < -0.4 is 9.47 Å². The molecule has 1 atom stereocenters. The molecule has 0 saturated carbocycles. The number of benzene rings is 1. The van der Waals surface area contributed by atoms with E-state index in [2.05, 4.69) is 6.92 Å². The molecule has 2 aliphatic rings. The number of aryl methyl sites for hydroxylation is 2. The minimum Gasteiger partial charge on any atom is -0.454 e. The van der Waals surface area contributed by atoms with Crippen LogP contribution in [0, 0.1) is 6.92 Å². The van der Waals surface area contributed by atoms with Crippen molar-refractivity contribution in [2.24, 2.45) is 0 Å². The molecule has 1 aliphatic heterocycles. The zero-order valence-corrected chi connectivity index (χ0v) is 16.0. The third-order valence-electron chi connectivity index (χ3n) is 5.57. The van der Waals surface area contributed by atoms with E-state index in [0.29, 0.717) is 11.7 Å². The third kappa shape index (κ3) is 2.15. The highest BCUT2D eigenvalue weighted by molar-refractivity contribution is 7.19. The Morgan fingerprint density at radius 1 is 1.19 bits per heavy atom. The quantitative estimate of drug-likeness (QED) is 0.489. The van der Waals surface area contributed by atoms with Gasteiger partial charge in [-0.25, -0.2) is 9.97 Å². The molecule has 4 heterocycles. The average Bonchev–Trinajstić information content (AvgIpc) is 3.37. The second kappa shape index (κ2) is 5.42.